The normalized spacial score (nSPS) is 25.5. The van der Waals surface area contributed by atoms with Crippen molar-refractivity contribution in [1.82, 2.24) is 4.90 Å². The van der Waals surface area contributed by atoms with Gasteiger partial charge in [-0.15, -0.1) is 0 Å². The average Bonchev–Trinajstić information content (AvgIpc) is 2.89. The van der Waals surface area contributed by atoms with Crippen LogP contribution in [-0.2, 0) is 4.79 Å². The molecule has 0 N–H and O–H groups in total. The van der Waals surface area contributed by atoms with E-state index in [9.17, 15) is 4.79 Å². The predicted molar refractivity (Wildman–Crippen MR) is 97.5 cm³/mol. The van der Waals surface area contributed by atoms with Gasteiger partial charge in [-0.25, -0.2) is 0 Å². The van der Waals surface area contributed by atoms with Gasteiger partial charge in [0.05, 0.1) is 12.0 Å². The highest BCUT2D eigenvalue weighted by Gasteiger charge is 2.52. The summed E-state index contributed by atoms with van der Waals surface area (Å²) in [5, 5.41) is 0. The molecule has 1 aliphatic heterocycles. The van der Waals surface area contributed by atoms with Crippen molar-refractivity contribution in [2.24, 2.45) is 5.92 Å². The van der Waals surface area contributed by atoms with Gasteiger partial charge in [-0.3, -0.25) is 4.79 Å². The van der Waals surface area contributed by atoms with E-state index in [1.165, 1.54) is 16.7 Å². The second-order valence-electron chi connectivity index (χ2n) is 7.78. The minimum atomic E-state index is -0.211. The average molecular weight is 317 g/mol. The van der Waals surface area contributed by atoms with Crippen LogP contribution in [0.4, 0.5) is 0 Å². The van der Waals surface area contributed by atoms with Gasteiger partial charge in [-0.2, -0.15) is 0 Å². The number of fused-ring (bicyclic) bond motifs is 3. The molecular formula is C22H23NO. The maximum absolute atomic E-state index is 13.4. The Kier molecular flexibility index (Phi) is 3.38. The summed E-state index contributed by atoms with van der Waals surface area (Å²) in [6.07, 6.45) is 4.43. The molecule has 0 bridgehead atoms. The summed E-state index contributed by atoms with van der Waals surface area (Å²) in [6, 6.07) is 18.8. The maximum Gasteiger partial charge on any atom is 0.231 e. The first-order valence-electron chi connectivity index (χ1n) is 8.64. The number of hydrogen-bond donors (Lipinski definition) is 0. The van der Waals surface area contributed by atoms with Gasteiger partial charge in [-0.1, -0.05) is 66.7 Å². The molecule has 0 spiro atoms. The van der Waals surface area contributed by atoms with E-state index in [-0.39, 0.29) is 29.3 Å². The molecule has 0 radical (unpaired) electrons. The largest absolute Gasteiger partial charge is 0.330 e. The van der Waals surface area contributed by atoms with Crippen LogP contribution in [0.2, 0.25) is 0 Å². The fraction of sp³-hybridized carbons (Fsp3) is 0.318. The van der Waals surface area contributed by atoms with Crippen molar-refractivity contribution in [3.8, 4) is 0 Å². The second kappa shape index (κ2) is 5.34. The number of likely N-dealkylation sites (tertiary alicyclic amines) is 1. The molecule has 2 nitrogen and oxygen atoms in total. The third kappa shape index (κ3) is 2.21. The van der Waals surface area contributed by atoms with Crippen LogP contribution in [0.5, 0.6) is 0 Å². The quantitative estimate of drug-likeness (QED) is 0.740. The molecule has 1 saturated heterocycles. The smallest absolute Gasteiger partial charge is 0.231 e. The van der Waals surface area contributed by atoms with Gasteiger partial charge >= 0.3 is 0 Å². The molecule has 2 heteroatoms. The van der Waals surface area contributed by atoms with Gasteiger partial charge in [0.2, 0.25) is 5.91 Å². The molecule has 0 saturated carbocycles. The van der Waals surface area contributed by atoms with Crippen molar-refractivity contribution in [3.63, 3.8) is 0 Å². The molecular weight excluding hydrogens is 294 g/mol. The van der Waals surface area contributed by atoms with E-state index in [2.05, 4.69) is 74.2 Å². The summed E-state index contributed by atoms with van der Waals surface area (Å²) in [7, 11) is 0. The predicted octanol–water partition coefficient (Wildman–Crippen LogP) is 4.80. The van der Waals surface area contributed by atoms with Crippen molar-refractivity contribution in [3.05, 3.63) is 77.4 Å². The van der Waals surface area contributed by atoms with Crippen LogP contribution in [0.1, 0.15) is 49.4 Å². The van der Waals surface area contributed by atoms with Crippen LogP contribution < -0.4 is 0 Å². The van der Waals surface area contributed by atoms with Crippen molar-refractivity contribution in [2.75, 3.05) is 0 Å². The lowest BCUT2D eigenvalue weighted by Crippen LogP contribution is -2.44. The Balaban J connectivity index is 1.89. The maximum atomic E-state index is 13.4. The summed E-state index contributed by atoms with van der Waals surface area (Å²) in [6.45, 7) is 6.40. The standard InChI is InChI=1S/C22H23NO/c1-22(2,3)23-20(16-10-5-4-6-11-16)18-14-13-15-9-7-8-12-17(15)19(18)21(23)24/h4-14,18-20H,1-3H3/t18-,19-,20+/m1/s1. The Morgan fingerprint density at radius 1 is 0.917 bits per heavy atom. The summed E-state index contributed by atoms with van der Waals surface area (Å²) in [5.41, 5.74) is 3.35. The van der Waals surface area contributed by atoms with Crippen LogP contribution >= 0.6 is 0 Å². The zero-order valence-corrected chi connectivity index (χ0v) is 14.4. The fourth-order valence-corrected chi connectivity index (χ4v) is 4.29. The molecule has 2 aliphatic rings. The van der Waals surface area contributed by atoms with E-state index in [1.807, 2.05) is 18.2 Å². The van der Waals surface area contributed by atoms with Gasteiger partial charge in [0.25, 0.3) is 0 Å². The Bertz CT molecular complexity index is 800. The topological polar surface area (TPSA) is 20.3 Å². The van der Waals surface area contributed by atoms with E-state index >= 15 is 0 Å². The molecule has 2 aromatic rings. The van der Waals surface area contributed by atoms with Crippen molar-refractivity contribution in [2.45, 2.75) is 38.3 Å². The van der Waals surface area contributed by atoms with Crippen molar-refractivity contribution in [1.29, 1.82) is 0 Å². The third-order valence-electron chi connectivity index (χ3n) is 5.22. The molecule has 122 valence electrons. The summed E-state index contributed by atoms with van der Waals surface area (Å²) >= 11 is 0. The Hall–Kier alpha value is -2.35. The first-order valence-corrected chi connectivity index (χ1v) is 8.64. The van der Waals surface area contributed by atoms with E-state index in [1.54, 1.807) is 0 Å². The Morgan fingerprint density at radius 2 is 1.58 bits per heavy atom. The number of carbonyl (C=O) groups is 1. The number of rotatable bonds is 1. The highest BCUT2D eigenvalue weighted by Crippen LogP contribution is 2.52. The highest BCUT2D eigenvalue weighted by atomic mass is 16.2. The summed E-state index contributed by atoms with van der Waals surface area (Å²) in [5.74, 6) is 0.364. The van der Waals surface area contributed by atoms with Gasteiger partial charge in [0.1, 0.15) is 0 Å². The molecule has 1 fully saturated rings. The number of carbonyl (C=O) groups excluding carboxylic acids is 1. The number of amides is 1. The Morgan fingerprint density at radius 3 is 2.29 bits per heavy atom. The lowest BCUT2D eigenvalue weighted by Gasteiger charge is -2.38. The third-order valence-corrected chi connectivity index (χ3v) is 5.22. The Labute approximate surface area is 143 Å². The van der Waals surface area contributed by atoms with Crippen LogP contribution in [0, 0.1) is 5.92 Å². The molecule has 1 heterocycles. The van der Waals surface area contributed by atoms with Crippen molar-refractivity contribution >= 4 is 12.0 Å². The monoisotopic (exact) mass is 317 g/mol. The zero-order valence-electron chi connectivity index (χ0n) is 14.4. The van der Waals surface area contributed by atoms with Gasteiger partial charge in [-0.05, 0) is 37.5 Å². The van der Waals surface area contributed by atoms with Crippen LogP contribution in [0.15, 0.2) is 60.7 Å². The minimum Gasteiger partial charge on any atom is -0.330 e. The molecule has 1 aliphatic carbocycles. The molecule has 0 unspecified atom stereocenters. The molecule has 3 atom stereocenters. The zero-order chi connectivity index (χ0) is 16.9. The molecule has 24 heavy (non-hydrogen) atoms. The number of nitrogens with zero attached hydrogens (tertiary/aromatic N) is 1. The summed E-state index contributed by atoms with van der Waals surface area (Å²) < 4.78 is 0. The van der Waals surface area contributed by atoms with Gasteiger partial charge in [0, 0.05) is 11.5 Å². The van der Waals surface area contributed by atoms with Gasteiger partial charge in [0.15, 0.2) is 0 Å². The first kappa shape index (κ1) is 15.2. The van der Waals surface area contributed by atoms with Crippen LogP contribution in [0.3, 0.4) is 0 Å². The number of hydrogen-bond acceptors (Lipinski definition) is 1. The minimum absolute atomic E-state index is 0.0735. The lowest BCUT2D eigenvalue weighted by molar-refractivity contribution is -0.134. The van der Waals surface area contributed by atoms with Crippen molar-refractivity contribution < 1.29 is 4.79 Å². The van der Waals surface area contributed by atoms with E-state index in [0.29, 0.717) is 0 Å². The molecule has 1 amide bonds. The summed E-state index contributed by atoms with van der Waals surface area (Å²) in [4.78, 5) is 15.5. The highest BCUT2D eigenvalue weighted by molar-refractivity contribution is 5.90. The SMILES string of the molecule is CC(C)(C)N1C(=O)[C@@H]2c3ccccc3C=C[C@H]2[C@@H]1c1ccccc1. The molecule has 0 aromatic heterocycles. The van der Waals surface area contributed by atoms with Crippen LogP contribution in [0.25, 0.3) is 6.08 Å². The first-order chi connectivity index (χ1) is 11.5. The lowest BCUT2D eigenvalue weighted by atomic mass is 9.77. The van der Waals surface area contributed by atoms with Crippen LogP contribution in [-0.4, -0.2) is 16.3 Å². The molecule has 4 rings (SSSR count). The molecule has 2 aromatic carbocycles. The van der Waals surface area contributed by atoms with E-state index in [4.69, 9.17) is 0 Å². The van der Waals surface area contributed by atoms with E-state index < -0.39 is 0 Å². The fourth-order valence-electron chi connectivity index (χ4n) is 4.29. The number of benzene rings is 2. The van der Waals surface area contributed by atoms with Gasteiger partial charge < -0.3 is 4.90 Å². The second-order valence-corrected chi connectivity index (χ2v) is 7.78. The van der Waals surface area contributed by atoms with E-state index in [0.717, 1.165) is 0 Å².